The van der Waals surface area contributed by atoms with Crippen molar-refractivity contribution in [2.75, 3.05) is 64.7 Å². The Morgan fingerprint density at radius 3 is 2.31 bits per heavy atom. The molecule has 2 aliphatic rings. The fraction of sp³-hybridized carbons (Fsp3) is 0.650. The first-order valence-corrected chi connectivity index (χ1v) is 12.4. The molecule has 0 bridgehead atoms. The first-order chi connectivity index (χ1) is 14.0. The molecule has 29 heavy (non-hydrogen) atoms. The molecule has 0 saturated carbocycles. The lowest BCUT2D eigenvalue weighted by atomic mass is 10.1. The van der Waals surface area contributed by atoms with Crippen molar-refractivity contribution < 1.29 is 13.2 Å². The van der Waals surface area contributed by atoms with Gasteiger partial charge in [0.25, 0.3) is 5.91 Å². The van der Waals surface area contributed by atoms with Crippen LogP contribution in [0.25, 0.3) is 0 Å². The molecule has 2 heterocycles. The van der Waals surface area contributed by atoms with Gasteiger partial charge in [-0.05, 0) is 50.2 Å². The van der Waals surface area contributed by atoms with Crippen LogP contribution in [0, 0.1) is 0 Å². The number of nitrogens with one attached hydrogen (secondary N) is 1. The fourth-order valence-electron chi connectivity index (χ4n) is 3.81. The van der Waals surface area contributed by atoms with Crippen LogP contribution in [0.1, 0.15) is 29.6 Å². The number of piperidine rings is 1. The quantitative estimate of drug-likeness (QED) is 0.660. The molecule has 0 unspecified atom stereocenters. The number of nitrogens with zero attached hydrogens (tertiary/aromatic N) is 3. The second-order valence-electron chi connectivity index (χ2n) is 7.67. The maximum atomic E-state index is 13.1. The normalized spacial score (nSPS) is 19.2. The highest BCUT2D eigenvalue weighted by atomic mass is 35.5. The van der Waals surface area contributed by atoms with Gasteiger partial charge in [0.2, 0.25) is 10.0 Å². The van der Waals surface area contributed by atoms with E-state index in [0.717, 1.165) is 19.6 Å². The summed E-state index contributed by atoms with van der Waals surface area (Å²) in [5.74, 6) is -0.194. The van der Waals surface area contributed by atoms with Crippen LogP contribution in [0.4, 0.5) is 0 Å². The molecule has 0 atom stereocenters. The van der Waals surface area contributed by atoms with E-state index in [1.807, 2.05) is 0 Å². The van der Waals surface area contributed by atoms with E-state index in [0.29, 0.717) is 43.3 Å². The maximum absolute atomic E-state index is 13.1. The first kappa shape index (κ1) is 22.5. The topological polar surface area (TPSA) is 73.0 Å². The molecule has 1 aromatic carbocycles. The lowest BCUT2D eigenvalue weighted by molar-refractivity contribution is 0.0740. The van der Waals surface area contributed by atoms with Crippen molar-refractivity contribution in [2.45, 2.75) is 19.3 Å². The molecular formula is C20H31ClN4O3S. The number of halogens is 1. The predicted octanol–water partition coefficient (Wildman–Crippen LogP) is 1.50. The van der Waals surface area contributed by atoms with E-state index in [1.54, 1.807) is 29.2 Å². The number of hydrogen-bond donors (Lipinski definition) is 1. The van der Waals surface area contributed by atoms with Gasteiger partial charge >= 0.3 is 0 Å². The minimum Gasteiger partial charge on any atom is -0.336 e. The van der Waals surface area contributed by atoms with Crippen molar-refractivity contribution in [2.24, 2.45) is 0 Å². The number of sulfonamides is 1. The van der Waals surface area contributed by atoms with Crippen LogP contribution in [0.15, 0.2) is 24.3 Å². The molecule has 162 valence electrons. The van der Waals surface area contributed by atoms with Gasteiger partial charge in [0, 0.05) is 56.4 Å². The van der Waals surface area contributed by atoms with E-state index >= 15 is 0 Å². The molecule has 0 aromatic heterocycles. The molecule has 0 aliphatic carbocycles. The first-order valence-electron chi connectivity index (χ1n) is 10.4. The highest BCUT2D eigenvalue weighted by Crippen LogP contribution is 2.14. The van der Waals surface area contributed by atoms with Crippen molar-refractivity contribution in [1.82, 2.24) is 19.4 Å². The van der Waals surface area contributed by atoms with Crippen molar-refractivity contribution in [3.8, 4) is 0 Å². The average Bonchev–Trinajstić information content (AvgIpc) is 2.75. The van der Waals surface area contributed by atoms with Crippen LogP contribution in [0.5, 0.6) is 0 Å². The Bertz CT molecular complexity index is 760. The Kier molecular flexibility index (Phi) is 8.32. The molecule has 1 amide bonds. The number of likely N-dealkylation sites (tertiary alicyclic amines) is 1. The van der Waals surface area contributed by atoms with Crippen molar-refractivity contribution in [1.29, 1.82) is 0 Å². The van der Waals surface area contributed by atoms with Crippen molar-refractivity contribution in [3.63, 3.8) is 0 Å². The van der Waals surface area contributed by atoms with Crippen LogP contribution >= 0.6 is 11.6 Å². The minimum atomic E-state index is -3.38. The smallest absolute Gasteiger partial charge is 0.253 e. The molecule has 0 radical (unpaired) electrons. The maximum Gasteiger partial charge on any atom is 0.253 e. The van der Waals surface area contributed by atoms with Gasteiger partial charge in [0.05, 0.1) is 5.75 Å². The van der Waals surface area contributed by atoms with E-state index in [2.05, 4.69) is 10.2 Å². The Hall–Kier alpha value is -1.19. The Morgan fingerprint density at radius 2 is 1.66 bits per heavy atom. The lowest BCUT2D eigenvalue weighted by Crippen LogP contribution is -2.49. The highest BCUT2D eigenvalue weighted by molar-refractivity contribution is 7.89. The van der Waals surface area contributed by atoms with Crippen LogP contribution in [-0.4, -0.2) is 93.1 Å². The summed E-state index contributed by atoms with van der Waals surface area (Å²) in [6, 6.07) is 6.77. The molecule has 1 aromatic rings. The minimum absolute atomic E-state index is 0.0493. The van der Waals surface area contributed by atoms with Gasteiger partial charge in [-0.25, -0.2) is 8.42 Å². The van der Waals surface area contributed by atoms with E-state index < -0.39 is 10.0 Å². The van der Waals surface area contributed by atoms with Gasteiger partial charge < -0.3 is 15.1 Å². The molecule has 9 heteroatoms. The molecule has 0 spiro atoms. The van der Waals surface area contributed by atoms with E-state index in [4.69, 9.17) is 11.6 Å². The van der Waals surface area contributed by atoms with Crippen molar-refractivity contribution >= 4 is 27.5 Å². The summed E-state index contributed by atoms with van der Waals surface area (Å²) in [4.78, 5) is 17.1. The number of benzene rings is 1. The van der Waals surface area contributed by atoms with E-state index in [-0.39, 0.29) is 18.2 Å². The summed E-state index contributed by atoms with van der Waals surface area (Å²) in [5, 5.41) is 3.74. The number of amides is 1. The van der Waals surface area contributed by atoms with E-state index in [1.165, 1.54) is 23.6 Å². The summed E-state index contributed by atoms with van der Waals surface area (Å²) >= 11 is 5.94. The zero-order valence-corrected chi connectivity index (χ0v) is 18.4. The molecule has 2 saturated heterocycles. The third kappa shape index (κ3) is 6.65. The van der Waals surface area contributed by atoms with Gasteiger partial charge in [-0.1, -0.05) is 18.0 Å². The van der Waals surface area contributed by atoms with Crippen LogP contribution in [0.2, 0.25) is 5.02 Å². The van der Waals surface area contributed by atoms with Gasteiger partial charge in [-0.15, -0.1) is 0 Å². The second-order valence-corrected chi connectivity index (χ2v) is 10.2. The van der Waals surface area contributed by atoms with Gasteiger partial charge in [-0.2, -0.15) is 4.31 Å². The van der Waals surface area contributed by atoms with Gasteiger partial charge in [0.1, 0.15) is 0 Å². The SMILES string of the molecule is O=C(c1ccc(Cl)cc1)N(CCN1CCCCC1)CCS(=O)(=O)N1CCNCC1. The Balaban J connectivity index is 1.65. The third-order valence-corrected chi connectivity index (χ3v) is 7.70. The molecule has 2 aliphatic heterocycles. The lowest BCUT2D eigenvalue weighted by Gasteiger charge is -2.31. The number of piperazine rings is 1. The molecule has 1 N–H and O–H groups in total. The van der Waals surface area contributed by atoms with Gasteiger partial charge in [-0.3, -0.25) is 4.79 Å². The summed E-state index contributed by atoms with van der Waals surface area (Å²) in [5.41, 5.74) is 0.535. The molecule has 2 fully saturated rings. The Morgan fingerprint density at radius 1 is 1.00 bits per heavy atom. The average molecular weight is 443 g/mol. The monoisotopic (exact) mass is 442 g/mol. The van der Waals surface area contributed by atoms with Gasteiger partial charge in [0.15, 0.2) is 0 Å². The fourth-order valence-corrected chi connectivity index (χ4v) is 5.39. The number of rotatable bonds is 8. The summed E-state index contributed by atoms with van der Waals surface area (Å²) in [6.45, 7) is 5.89. The summed E-state index contributed by atoms with van der Waals surface area (Å²) < 4.78 is 27.0. The van der Waals surface area contributed by atoms with Crippen LogP contribution < -0.4 is 5.32 Å². The van der Waals surface area contributed by atoms with Crippen molar-refractivity contribution in [3.05, 3.63) is 34.9 Å². The summed E-state index contributed by atoms with van der Waals surface area (Å²) in [7, 11) is -3.38. The largest absolute Gasteiger partial charge is 0.336 e. The molecule has 3 rings (SSSR count). The highest BCUT2D eigenvalue weighted by Gasteiger charge is 2.26. The predicted molar refractivity (Wildman–Crippen MR) is 116 cm³/mol. The molecular weight excluding hydrogens is 412 g/mol. The standard InChI is InChI=1S/C20H31ClN4O3S/c21-19-6-4-18(5-7-19)20(26)24(15-14-23-10-2-1-3-11-23)16-17-29(27,28)25-12-8-22-9-13-25/h4-7,22H,1-3,8-17H2. The van der Waals surface area contributed by atoms with Crippen LogP contribution in [-0.2, 0) is 10.0 Å². The zero-order chi connectivity index (χ0) is 20.7. The Labute approximate surface area is 179 Å². The van der Waals surface area contributed by atoms with Crippen LogP contribution in [0.3, 0.4) is 0 Å². The third-order valence-electron chi connectivity index (χ3n) is 5.60. The number of hydrogen-bond acceptors (Lipinski definition) is 5. The molecule has 7 nitrogen and oxygen atoms in total. The summed E-state index contributed by atoms with van der Waals surface area (Å²) in [6.07, 6.45) is 3.62. The number of carbonyl (C=O) groups is 1. The number of carbonyl (C=O) groups excluding carboxylic acids is 1. The van der Waals surface area contributed by atoms with E-state index in [9.17, 15) is 13.2 Å². The second kappa shape index (κ2) is 10.7. The zero-order valence-electron chi connectivity index (χ0n) is 16.9.